The van der Waals surface area contributed by atoms with Crippen molar-refractivity contribution in [3.63, 3.8) is 0 Å². The van der Waals surface area contributed by atoms with Crippen LogP contribution in [0.25, 0.3) is 22.1 Å². The standard InChI is InChI=1S/C18H13Cl2N5OS/c19-12-6-5-10(9-13(12)20)21-15(26)7-8-27-18-23-17-16(24-25-18)11-3-1-2-4-14(11)22-17/h1-6,9H,7-8H2,(H,21,26)(H,22,23,25). The third-order valence-electron chi connectivity index (χ3n) is 3.87. The molecule has 0 radical (unpaired) electrons. The highest BCUT2D eigenvalue weighted by molar-refractivity contribution is 7.99. The molecule has 0 saturated carbocycles. The van der Waals surface area contributed by atoms with Crippen molar-refractivity contribution < 1.29 is 4.79 Å². The zero-order valence-corrected chi connectivity index (χ0v) is 16.2. The van der Waals surface area contributed by atoms with Gasteiger partial charge in [-0.05, 0) is 24.3 Å². The molecule has 27 heavy (non-hydrogen) atoms. The van der Waals surface area contributed by atoms with Gasteiger partial charge in [-0.1, -0.05) is 53.2 Å². The second-order valence-electron chi connectivity index (χ2n) is 5.74. The molecule has 0 aliphatic carbocycles. The summed E-state index contributed by atoms with van der Waals surface area (Å²) < 4.78 is 0. The summed E-state index contributed by atoms with van der Waals surface area (Å²) >= 11 is 13.2. The molecule has 0 fully saturated rings. The second kappa shape index (κ2) is 7.72. The number of benzene rings is 2. The number of H-pyrrole nitrogens is 1. The van der Waals surface area contributed by atoms with Crippen molar-refractivity contribution in [1.82, 2.24) is 20.2 Å². The van der Waals surface area contributed by atoms with E-state index in [4.69, 9.17) is 23.2 Å². The molecule has 0 unspecified atom stereocenters. The molecule has 2 N–H and O–H groups in total. The van der Waals surface area contributed by atoms with Crippen LogP contribution in [0.3, 0.4) is 0 Å². The molecule has 0 atom stereocenters. The molecular formula is C18H13Cl2N5OS. The number of aromatic nitrogens is 4. The molecule has 0 bridgehead atoms. The molecule has 1 amide bonds. The van der Waals surface area contributed by atoms with Gasteiger partial charge in [0.15, 0.2) is 5.65 Å². The van der Waals surface area contributed by atoms with E-state index in [9.17, 15) is 4.79 Å². The van der Waals surface area contributed by atoms with Gasteiger partial charge in [0, 0.05) is 28.8 Å². The van der Waals surface area contributed by atoms with Gasteiger partial charge in [0.25, 0.3) is 0 Å². The maximum Gasteiger partial charge on any atom is 0.225 e. The largest absolute Gasteiger partial charge is 0.338 e. The van der Waals surface area contributed by atoms with Crippen molar-refractivity contribution in [2.75, 3.05) is 11.1 Å². The fourth-order valence-electron chi connectivity index (χ4n) is 2.60. The molecule has 9 heteroatoms. The number of amides is 1. The highest BCUT2D eigenvalue weighted by atomic mass is 35.5. The van der Waals surface area contributed by atoms with Gasteiger partial charge in [-0.25, -0.2) is 4.98 Å². The van der Waals surface area contributed by atoms with Gasteiger partial charge in [0.1, 0.15) is 5.52 Å². The Balaban J connectivity index is 1.37. The summed E-state index contributed by atoms with van der Waals surface area (Å²) in [5.41, 5.74) is 3.01. The minimum absolute atomic E-state index is 0.125. The maximum absolute atomic E-state index is 12.1. The van der Waals surface area contributed by atoms with E-state index in [0.717, 1.165) is 16.4 Å². The second-order valence-corrected chi connectivity index (χ2v) is 7.61. The van der Waals surface area contributed by atoms with E-state index >= 15 is 0 Å². The molecular weight excluding hydrogens is 405 g/mol. The predicted molar refractivity (Wildman–Crippen MR) is 110 cm³/mol. The van der Waals surface area contributed by atoms with Crippen LogP contribution in [0.2, 0.25) is 10.0 Å². The Morgan fingerprint density at radius 1 is 1.11 bits per heavy atom. The van der Waals surface area contributed by atoms with Gasteiger partial charge in [-0.15, -0.1) is 10.2 Å². The van der Waals surface area contributed by atoms with E-state index in [1.54, 1.807) is 18.2 Å². The van der Waals surface area contributed by atoms with Crippen molar-refractivity contribution >= 4 is 68.6 Å². The molecule has 2 heterocycles. The van der Waals surface area contributed by atoms with Crippen molar-refractivity contribution in [2.45, 2.75) is 11.6 Å². The fraction of sp³-hybridized carbons (Fsp3) is 0.111. The van der Waals surface area contributed by atoms with Crippen molar-refractivity contribution in [2.24, 2.45) is 0 Å². The lowest BCUT2D eigenvalue weighted by atomic mass is 10.2. The number of nitrogens with one attached hydrogen (secondary N) is 2. The first-order chi connectivity index (χ1) is 13.1. The highest BCUT2D eigenvalue weighted by Crippen LogP contribution is 2.26. The van der Waals surface area contributed by atoms with Crippen molar-refractivity contribution in [1.29, 1.82) is 0 Å². The van der Waals surface area contributed by atoms with E-state index in [2.05, 4.69) is 25.5 Å². The quantitative estimate of drug-likeness (QED) is 0.449. The highest BCUT2D eigenvalue weighted by Gasteiger charge is 2.10. The summed E-state index contributed by atoms with van der Waals surface area (Å²) in [6, 6.07) is 12.8. The first kappa shape index (κ1) is 18.0. The Morgan fingerprint density at radius 2 is 1.96 bits per heavy atom. The van der Waals surface area contributed by atoms with Crippen LogP contribution in [-0.4, -0.2) is 31.8 Å². The van der Waals surface area contributed by atoms with Crippen LogP contribution in [0, 0.1) is 0 Å². The minimum atomic E-state index is -0.125. The number of aromatic amines is 1. The molecule has 6 nitrogen and oxygen atoms in total. The van der Waals surface area contributed by atoms with Crippen LogP contribution in [-0.2, 0) is 4.79 Å². The van der Waals surface area contributed by atoms with Crippen molar-refractivity contribution in [3.8, 4) is 0 Å². The first-order valence-corrected chi connectivity index (χ1v) is 9.83. The summed E-state index contributed by atoms with van der Waals surface area (Å²) in [6.45, 7) is 0. The molecule has 4 aromatic rings. The van der Waals surface area contributed by atoms with Gasteiger partial charge >= 0.3 is 0 Å². The van der Waals surface area contributed by atoms with Gasteiger partial charge in [-0.2, -0.15) is 0 Å². The van der Waals surface area contributed by atoms with Gasteiger partial charge < -0.3 is 10.3 Å². The minimum Gasteiger partial charge on any atom is -0.338 e. The van der Waals surface area contributed by atoms with E-state index in [1.807, 2.05) is 24.3 Å². The predicted octanol–water partition coefficient (Wildman–Crippen LogP) is 4.93. The number of halogens is 2. The Bertz CT molecular complexity index is 1150. The molecule has 2 aromatic carbocycles. The average Bonchev–Trinajstić information content (AvgIpc) is 3.02. The Hall–Kier alpha value is -2.35. The summed E-state index contributed by atoms with van der Waals surface area (Å²) in [5.74, 6) is 0.404. The number of rotatable bonds is 5. The van der Waals surface area contributed by atoms with E-state index < -0.39 is 0 Å². The molecule has 0 spiro atoms. The lowest BCUT2D eigenvalue weighted by Crippen LogP contribution is -2.12. The monoisotopic (exact) mass is 417 g/mol. The van der Waals surface area contributed by atoms with Crippen LogP contribution < -0.4 is 5.32 Å². The summed E-state index contributed by atoms with van der Waals surface area (Å²) in [7, 11) is 0. The summed E-state index contributed by atoms with van der Waals surface area (Å²) in [4.78, 5) is 19.8. The topological polar surface area (TPSA) is 83.6 Å². The van der Waals surface area contributed by atoms with Gasteiger partial charge in [0.2, 0.25) is 11.1 Å². The SMILES string of the molecule is O=C(CCSc1nnc2c(n1)[nH]c1ccccc12)Nc1ccc(Cl)c(Cl)c1. The van der Waals surface area contributed by atoms with Crippen LogP contribution >= 0.6 is 35.0 Å². The summed E-state index contributed by atoms with van der Waals surface area (Å²) in [5, 5.41) is 13.6. The van der Waals surface area contributed by atoms with Crippen LogP contribution in [0.1, 0.15) is 6.42 Å². The number of fused-ring (bicyclic) bond motifs is 3. The van der Waals surface area contributed by atoms with Crippen LogP contribution in [0.4, 0.5) is 5.69 Å². The van der Waals surface area contributed by atoms with Gasteiger partial charge in [0.05, 0.1) is 10.0 Å². The third kappa shape index (κ3) is 4.00. The molecule has 0 saturated heterocycles. The lowest BCUT2D eigenvalue weighted by molar-refractivity contribution is -0.115. The number of para-hydroxylation sites is 1. The molecule has 136 valence electrons. The number of carbonyl (C=O) groups excluding carboxylic acids is 1. The fourth-order valence-corrected chi connectivity index (χ4v) is 3.62. The average molecular weight is 418 g/mol. The zero-order valence-electron chi connectivity index (χ0n) is 13.9. The third-order valence-corrected chi connectivity index (χ3v) is 5.44. The van der Waals surface area contributed by atoms with E-state index in [-0.39, 0.29) is 5.91 Å². The Labute approximate surface area is 168 Å². The smallest absolute Gasteiger partial charge is 0.225 e. The van der Waals surface area contributed by atoms with E-state index in [0.29, 0.717) is 38.7 Å². The summed E-state index contributed by atoms with van der Waals surface area (Å²) in [6.07, 6.45) is 0.305. The number of nitrogens with zero attached hydrogens (tertiary/aromatic N) is 3. The number of thioether (sulfide) groups is 1. The normalized spacial score (nSPS) is 11.2. The molecule has 4 rings (SSSR count). The zero-order chi connectivity index (χ0) is 18.8. The number of hydrogen-bond acceptors (Lipinski definition) is 5. The first-order valence-electron chi connectivity index (χ1n) is 8.09. The van der Waals surface area contributed by atoms with Crippen molar-refractivity contribution in [3.05, 3.63) is 52.5 Å². The lowest BCUT2D eigenvalue weighted by Gasteiger charge is -2.06. The van der Waals surface area contributed by atoms with Crippen LogP contribution in [0.15, 0.2) is 47.6 Å². The molecule has 2 aromatic heterocycles. The van der Waals surface area contributed by atoms with Crippen LogP contribution in [0.5, 0.6) is 0 Å². The Kier molecular flexibility index (Phi) is 5.15. The number of hydrogen-bond donors (Lipinski definition) is 2. The van der Waals surface area contributed by atoms with E-state index in [1.165, 1.54) is 11.8 Å². The maximum atomic E-state index is 12.1. The molecule has 0 aliphatic rings. The Morgan fingerprint density at radius 3 is 2.81 bits per heavy atom. The number of carbonyl (C=O) groups is 1. The molecule has 0 aliphatic heterocycles. The number of anilines is 1. The van der Waals surface area contributed by atoms with Gasteiger partial charge in [-0.3, -0.25) is 4.79 Å².